The molecule has 39 heavy (non-hydrogen) atoms. The Kier molecular flexibility index (Phi) is 12.9. The van der Waals surface area contributed by atoms with Gasteiger partial charge in [0.05, 0.1) is 26.9 Å². The molecule has 0 aliphatic rings. The Labute approximate surface area is 227 Å². The molecule has 1 atom stereocenters. The van der Waals surface area contributed by atoms with Crippen molar-refractivity contribution >= 4 is 12.1 Å². The smallest absolute Gasteiger partial charge is 0.415 e. The highest BCUT2D eigenvalue weighted by Gasteiger charge is 2.22. The molecule has 11 heteroatoms. The summed E-state index contributed by atoms with van der Waals surface area (Å²) < 4.78 is 53.2. The largest absolute Gasteiger partial charge is 0.493 e. The average molecular weight is 554 g/mol. The van der Waals surface area contributed by atoms with E-state index in [1.807, 2.05) is 13.0 Å². The van der Waals surface area contributed by atoms with Gasteiger partial charge < -0.3 is 33.7 Å². The zero-order valence-electron chi connectivity index (χ0n) is 22.8. The molecule has 1 N–H and O–H groups in total. The fourth-order valence-corrected chi connectivity index (χ4v) is 3.47. The fraction of sp³-hybridized carbons (Fsp3) is 0.500. The molecular weight excluding hydrogens is 516 g/mol. The van der Waals surface area contributed by atoms with Crippen molar-refractivity contribution in [2.45, 2.75) is 45.6 Å². The molecule has 0 aliphatic carbocycles. The van der Waals surface area contributed by atoms with Gasteiger partial charge in [-0.3, -0.25) is 0 Å². The van der Waals surface area contributed by atoms with Gasteiger partial charge in [-0.25, -0.2) is 18.4 Å². The van der Waals surface area contributed by atoms with Crippen LogP contribution in [0.1, 0.15) is 31.4 Å². The first-order chi connectivity index (χ1) is 18.5. The lowest BCUT2D eigenvalue weighted by Crippen LogP contribution is -2.39. The van der Waals surface area contributed by atoms with Crippen molar-refractivity contribution in [2.75, 3.05) is 46.6 Å². The Morgan fingerprint density at radius 2 is 1.72 bits per heavy atom. The molecule has 0 radical (unpaired) electrons. The number of carboxylic acid groups (broad SMARTS) is 1. The van der Waals surface area contributed by atoms with Crippen LogP contribution in [-0.4, -0.2) is 80.7 Å². The Bertz CT molecular complexity index is 1040. The number of hydrogen-bond donors (Lipinski definition) is 1. The van der Waals surface area contributed by atoms with Crippen molar-refractivity contribution < 1.29 is 47.2 Å². The zero-order valence-corrected chi connectivity index (χ0v) is 22.8. The number of benzene rings is 2. The van der Waals surface area contributed by atoms with Gasteiger partial charge in [-0.05, 0) is 56.2 Å². The van der Waals surface area contributed by atoms with Crippen LogP contribution >= 0.6 is 0 Å². The quantitative estimate of drug-likeness (QED) is 0.274. The second kappa shape index (κ2) is 15.8. The molecule has 0 saturated carbocycles. The summed E-state index contributed by atoms with van der Waals surface area (Å²) in [5, 5.41) is 9.25. The van der Waals surface area contributed by atoms with Gasteiger partial charge in [0.2, 0.25) is 5.92 Å². The number of methoxy groups -OCH3 is 1. The highest BCUT2D eigenvalue weighted by Crippen LogP contribution is 2.28. The number of carbonyl (C=O) groups excluding carboxylic acids is 1. The number of amides is 1. The van der Waals surface area contributed by atoms with Crippen molar-refractivity contribution in [1.82, 2.24) is 4.90 Å². The van der Waals surface area contributed by atoms with Gasteiger partial charge in [-0.2, -0.15) is 0 Å². The molecular formula is C28H37F2NO8. The average Bonchev–Trinajstić information content (AvgIpc) is 2.87. The Hall–Kier alpha value is -3.44. The normalized spacial score (nSPS) is 12.1. The van der Waals surface area contributed by atoms with E-state index in [4.69, 9.17) is 23.7 Å². The number of nitrogens with zero attached hydrogens (tertiary/aromatic N) is 1. The summed E-state index contributed by atoms with van der Waals surface area (Å²) >= 11 is 0. The minimum atomic E-state index is -2.83. The van der Waals surface area contributed by atoms with Crippen molar-refractivity contribution in [3.8, 4) is 17.2 Å². The summed E-state index contributed by atoms with van der Waals surface area (Å²) in [5.74, 6) is -2.69. The van der Waals surface area contributed by atoms with Crippen molar-refractivity contribution in [2.24, 2.45) is 0 Å². The first kappa shape index (κ1) is 31.8. The molecule has 0 saturated heterocycles. The molecule has 2 aromatic rings. The molecule has 1 unspecified atom stereocenters. The van der Waals surface area contributed by atoms with Gasteiger partial charge >= 0.3 is 12.1 Å². The molecule has 0 bridgehead atoms. The van der Waals surface area contributed by atoms with Gasteiger partial charge in [0.25, 0.3) is 0 Å². The van der Waals surface area contributed by atoms with Crippen LogP contribution in [0, 0.1) is 6.92 Å². The summed E-state index contributed by atoms with van der Waals surface area (Å²) in [6, 6.07) is 12.1. The highest BCUT2D eigenvalue weighted by atomic mass is 19.3. The summed E-state index contributed by atoms with van der Waals surface area (Å²) in [5.41, 5.74) is 1.65. The number of carbonyl (C=O) groups is 2. The van der Waals surface area contributed by atoms with Crippen LogP contribution in [0.25, 0.3) is 0 Å². The van der Waals surface area contributed by atoms with Crippen LogP contribution in [-0.2, 0) is 20.7 Å². The van der Waals surface area contributed by atoms with Crippen molar-refractivity contribution in [3.05, 3.63) is 53.6 Å². The molecule has 9 nitrogen and oxygen atoms in total. The zero-order chi connectivity index (χ0) is 28.8. The Balaban J connectivity index is 1.98. The molecule has 0 fully saturated rings. The number of aliphatic carboxylic acids is 1. The monoisotopic (exact) mass is 553 g/mol. The van der Waals surface area contributed by atoms with Gasteiger partial charge in [0.1, 0.15) is 12.4 Å². The third kappa shape index (κ3) is 11.9. The van der Waals surface area contributed by atoms with E-state index in [2.05, 4.69) is 0 Å². The van der Waals surface area contributed by atoms with Crippen LogP contribution in [0.3, 0.4) is 0 Å². The number of alkyl halides is 2. The summed E-state index contributed by atoms with van der Waals surface area (Å²) in [6.45, 7) is 4.94. The minimum absolute atomic E-state index is 0.0371. The molecule has 0 spiro atoms. The topological polar surface area (TPSA) is 104 Å². The summed E-state index contributed by atoms with van der Waals surface area (Å²) in [7, 11) is 1.47. The van der Waals surface area contributed by atoms with E-state index in [9.17, 15) is 23.5 Å². The van der Waals surface area contributed by atoms with Crippen molar-refractivity contribution in [1.29, 1.82) is 0 Å². The third-order valence-electron chi connectivity index (χ3n) is 5.58. The molecule has 0 aromatic heterocycles. The SMILES string of the molecule is CCOC(Cc1ccc(OCCN(CCOCCC(C)(F)F)C(=O)Oc2cc(C)ccc2OC)cc1)C(=O)O. The molecule has 0 heterocycles. The predicted molar refractivity (Wildman–Crippen MR) is 140 cm³/mol. The predicted octanol–water partition coefficient (Wildman–Crippen LogP) is 4.98. The van der Waals surface area contributed by atoms with E-state index < -0.39 is 30.5 Å². The van der Waals surface area contributed by atoms with Crippen LogP contribution in [0.5, 0.6) is 17.2 Å². The summed E-state index contributed by atoms with van der Waals surface area (Å²) in [4.78, 5) is 25.6. The lowest BCUT2D eigenvalue weighted by Gasteiger charge is -2.23. The number of rotatable bonds is 17. The lowest BCUT2D eigenvalue weighted by atomic mass is 10.1. The number of ether oxygens (including phenoxy) is 5. The first-order valence-electron chi connectivity index (χ1n) is 12.7. The van der Waals surface area contributed by atoms with E-state index in [-0.39, 0.29) is 45.1 Å². The maximum atomic E-state index is 13.0. The van der Waals surface area contributed by atoms with Gasteiger partial charge in [0, 0.05) is 26.0 Å². The molecule has 2 rings (SSSR count). The van der Waals surface area contributed by atoms with Crippen molar-refractivity contribution in [3.63, 3.8) is 0 Å². The van der Waals surface area contributed by atoms with Crippen LogP contribution in [0.4, 0.5) is 13.6 Å². The highest BCUT2D eigenvalue weighted by molar-refractivity contribution is 5.73. The van der Waals surface area contributed by atoms with Gasteiger partial charge in [-0.15, -0.1) is 0 Å². The van der Waals surface area contributed by atoms with Crippen LogP contribution in [0.15, 0.2) is 42.5 Å². The number of carboxylic acids is 1. The van der Waals surface area contributed by atoms with E-state index in [0.717, 1.165) is 18.1 Å². The van der Waals surface area contributed by atoms with E-state index >= 15 is 0 Å². The number of aryl methyl sites for hydroxylation is 1. The van der Waals surface area contributed by atoms with Crippen LogP contribution in [0.2, 0.25) is 0 Å². The summed E-state index contributed by atoms with van der Waals surface area (Å²) in [6.07, 6.45) is -1.80. The maximum Gasteiger partial charge on any atom is 0.415 e. The second-order valence-electron chi connectivity index (χ2n) is 8.92. The number of hydrogen-bond acceptors (Lipinski definition) is 7. The first-order valence-corrected chi connectivity index (χ1v) is 12.7. The van der Waals surface area contributed by atoms with E-state index in [1.165, 1.54) is 12.0 Å². The fourth-order valence-electron chi connectivity index (χ4n) is 3.47. The maximum absolute atomic E-state index is 13.0. The van der Waals surface area contributed by atoms with Gasteiger partial charge in [0.15, 0.2) is 17.6 Å². The molecule has 216 valence electrons. The van der Waals surface area contributed by atoms with E-state index in [1.54, 1.807) is 43.3 Å². The lowest BCUT2D eigenvalue weighted by molar-refractivity contribution is -0.149. The third-order valence-corrected chi connectivity index (χ3v) is 5.58. The standard InChI is InChI=1S/C28H37F2NO8/c1-5-37-25(26(32)33)19-21-7-9-22(10-8-21)38-17-14-31(13-16-36-15-12-28(3,29)30)27(34)39-24-18-20(2)6-11-23(24)35-4/h6-11,18,25H,5,12-17,19H2,1-4H3,(H,32,33). The van der Waals surface area contributed by atoms with E-state index in [0.29, 0.717) is 18.1 Å². The van der Waals surface area contributed by atoms with Crippen LogP contribution < -0.4 is 14.2 Å². The Morgan fingerprint density at radius 1 is 1.03 bits per heavy atom. The second-order valence-corrected chi connectivity index (χ2v) is 8.92. The Morgan fingerprint density at radius 3 is 2.33 bits per heavy atom. The molecule has 2 aromatic carbocycles. The van der Waals surface area contributed by atoms with Gasteiger partial charge in [-0.1, -0.05) is 18.2 Å². The number of halogens is 2. The minimum Gasteiger partial charge on any atom is -0.493 e. The molecule has 1 amide bonds. The molecule has 0 aliphatic heterocycles.